The summed E-state index contributed by atoms with van der Waals surface area (Å²) < 4.78 is 5.24. The van der Waals surface area contributed by atoms with Gasteiger partial charge in [-0.05, 0) is 24.6 Å². The topological polar surface area (TPSA) is 63.1 Å². The third-order valence-electron chi connectivity index (χ3n) is 1.94. The van der Waals surface area contributed by atoms with Crippen molar-refractivity contribution in [3.63, 3.8) is 0 Å². The number of rotatable bonds is 0. The van der Waals surface area contributed by atoms with Crippen LogP contribution in [-0.4, -0.2) is 4.98 Å². The predicted molar refractivity (Wildman–Crippen MR) is 55.5 cm³/mol. The maximum absolute atomic E-state index is 11.3. The van der Waals surface area contributed by atoms with Gasteiger partial charge in [-0.1, -0.05) is 15.9 Å². The number of aromatic amines is 1. The molecule has 1 aromatic heterocycles. The Morgan fingerprint density at radius 1 is 1.36 bits per heavy atom. The number of hydrogen-bond acceptors (Lipinski definition) is 3. The van der Waals surface area contributed by atoms with Gasteiger partial charge in [-0.2, -0.15) is 0 Å². The zero-order chi connectivity index (χ0) is 10.3. The van der Waals surface area contributed by atoms with Gasteiger partial charge < -0.3 is 4.42 Å². The highest BCUT2D eigenvalue weighted by atomic mass is 79.9. The molecule has 0 fully saturated rings. The molecule has 14 heavy (non-hydrogen) atoms. The Morgan fingerprint density at radius 3 is 2.79 bits per heavy atom. The number of fused-ring (bicyclic) bond motifs is 1. The van der Waals surface area contributed by atoms with Crippen LogP contribution in [0, 0.1) is 6.92 Å². The molecule has 0 spiro atoms. The predicted octanol–water partition coefficient (Wildman–Crippen LogP) is 1.55. The number of benzene rings is 1. The molecule has 5 heteroatoms. The standard InChI is InChI=1S/C9H6BrNO3/c1-4-2-5-7(3-6(4)10)11-9(13)14-8(5)12/h2-3H,1H3,(H,11,13). The molecule has 1 heterocycles. The molecule has 0 aliphatic carbocycles. The number of aryl methyl sites for hydroxylation is 1. The van der Waals surface area contributed by atoms with Gasteiger partial charge in [0, 0.05) is 4.47 Å². The van der Waals surface area contributed by atoms with Crippen molar-refractivity contribution in [2.75, 3.05) is 0 Å². The zero-order valence-corrected chi connectivity index (χ0v) is 8.84. The van der Waals surface area contributed by atoms with Gasteiger partial charge in [-0.25, -0.2) is 9.59 Å². The summed E-state index contributed by atoms with van der Waals surface area (Å²) in [6, 6.07) is 3.35. The Hall–Kier alpha value is -1.36. The van der Waals surface area contributed by atoms with Gasteiger partial charge in [-0.3, -0.25) is 4.98 Å². The van der Waals surface area contributed by atoms with Crippen LogP contribution in [0.5, 0.6) is 0 Å². The van der Waals surface area contributed by atoms with E-state index in [4.69, 9.17) is 0 Å². The zero-order valence-electron chi connectivity index (χ0n) is 7.26. The van der Waals surface area contributed by atoms with E-state index >= 15 is 0 Å². The van der Waals surface area contributed by atoms with Crippen LogP contribution < -0.4 is 11.4 Å². The summed E-state index contributed by atoms with van der Waals surface area (Å²) in [4.78, 5) is 24.6. The maximum Gasteiger partial charge on any atom is 0.419 e. The summed E-state index contributed by atoms with van der Waals surface area (Å²) in [7, 11) is 0. The third kappa shape index (κ3) is 1.39. The second-order valence-electron chi connectivity index (χ2n) is 2.95. The van der Waals surface area contributed by atoms with E-state index < -0.39 is 11.4 Å². The van der Waals surface area contributed by atoms with Crippen LogP contribution in [0.4, 0.5) is 0 Å². The highest BCUT2D eigenvalue weighted by Crippen LogP contribution is 2.19. The lowest BCUT2D eigenvalue weighted by Gasteiger charge is -1.99. The summed E-state index contributed by atoms with van der Waals surface area (Å²) >= 11 is 3.31. The van der Waals surface area contributed by atoms with Crippen molar-refractivity contribution < 1.29 is 4.42 Å². The second kappa shape index (κ2) is 3.09. The fraction of sp³-hybridized carbons (Fsp3) is 0.111. The van der Waals surface area contributed by atoms with Crippen molar-refractivity contribution in [3.05, 3.63) is 43.1 Å². The Morgan fingerprint density at radius 2 is 2.07 bits per heavy atom. The lowest BCUT2D eigenvalue weighted by Crippen LogP contribution is -2.14. The molecule has 0 radical (unpaired) electrons. The molecule has 0 aliphatic heterocycles. The lowest BCUT2D eigenvalue weighted by molar-refractivity contribution is 0.460. The Balaban J connectivity index is 3.03. The van der Waals surface area contributed by atoms with E-state index in [0.29, 0.717) is 10.9 Å². The van der Waals surface area contributed by atoms with Crippen molar-refractivity contribution in [1.82, 2.24) is 4.98 Å². The molecule has 1 N–H and O–H groups in total. The van der Waals surface area contributed by atoms with Crippen LogP contribution in [-0.2, 0) is 0 Å². The molecular weight excluding hydrogens is 250 g/mol. The normalized spacial score (nSPS) is 10.7. The molecule has 0 saturated heterocycles. The molecule has 4 nitrogen and oxygen atoms in total. The fourth-order valence-corrected chi connectivity index (χ4v) is 1.57. The summed E-state index contributed by atoms with van der Waals surface area (Å²) in [5.74, 6) is -0.738. The fourth-order valence-electron chi connectivity index (χ4n) is 1.23. The Kier molecular flexibility index (Phi) is 2.03. The van der Waals surface area contributed by atoms with Crippen molar-refractivity contribution in [2.45, 2.75) is 6.92 Å². The van der Waals surface area contributed by atoms with Gasteiger partial charge in [0.2, 0.25) is 0 Å². The van der Waals surface area contributed by atoms with Crippen LogP contribution in [0.25, 0.3) is 10.9 Å². The molecule has 0 aliphatic rings. The lowest BCUT2D eigenvalue weighted by atomic mass is 10.2. The molecule has 2 aromatic rings. The summed E-state index contributed by atoms with van der Waals surface area (Å²) in [6.07, 6.45) is 0. The van der Waals surface area contributed by atoms with Gasteiger partial charge in [0.1, 0.15) is 0 Å². The first-order valence-electron chi connectivity index (χ1n) is 3.91. The van der Waals surface area contributed by atoms with Gasteiger partial charge >= 0.3 is 11.4 Å². The first kappa shape index (κ1) is 9.21. The monoisotopic (exact) mass is 255 g/mol. The number of aromatic nitrogens is 1. The summed E-state index contributed by atoms with van der Waals surface area (Å²) in [5, 5.41) is 0.380. The van der Waals surface area contributed by atoms with Crippen LogP contribution in [0.3, 0.4) is 0 Å². The van der Waals surface area contributed by atoms with Crippen LogP contribution in [0.2, 0.25) is 0 Å². The van der Waals surface area contributed by atoms with Crippen LogP contribution in [0.1, 0.15) is 5.56 Å². The van der Waals surface area contributed by atoms with E-state index in [1.807, 2.05) is 6.92 Å². The largest absolute Gasteiger partial charge is 0.419 e. The first-order valence-corrected chi connectivity index (χ1v) is 4.70. The quantitative estimate of drug-likeness (QED) is 0.777. The molecule has 0 atom stereocenters. The average Bonchev–Trinajstić information content (AvgIpc) is 2.08. The Bertz CT molecular complexity index is 611. The molecular formula is C9H6BrNO3. The van der Waals surface area contributed by atoms with E-state index in [0.717, 1.165) is 10.0 Å². The van der Waals surface area contributed by atoms with E-state index in [1.54, 1.807) is 12.1 Å². The van der Waals surface area contributed by atoms with E-state index in [1.165, 1.54) is 0 Å². The van der Waals surface area contributed by atoms with Crippen molar-refractivity contribution >= 4 is 26.8 Å². The first-order chi connectivity index (χ1) is 6.58. The van der Waals surface area contributed by atoms with Crippen molar-refractivity contribution in [1.29, 1.82) is 0 Å². The van der Waals surface area contributed by atoms with Crippen LogP contribution >= 0.6 is 15.9 Å². The van der Waals surface area contributed by atoms with Crippen molar-refractivity contribution in [2.24, 2.45) is 0 Å². The summed E-state index contributed by atoms with van der Waals surface area (Å²) in [6.45, 7) is 1.86. The number of halogens is 1. The number of hydrogen-bond donors (Lipinski definition) is 1. The number of nitrogens with one attached hydrogen (secondary N) is 1. The minimum absolute atomic E-state index is 0.380. The summed E-state index contributed by atoms with van der Waals surface area (Å²) in [5.41, 5.74) is 0.778. The van der Waals surface area contributed by atoms with E-state index in [-0.39, 0.29) is 0 Å². The van der Waals surface area contributed by atoms with Crippen LogP contribution in [0.15, 0.2) is 30.6 Å². The van der Waals surface area contributed by atoms with Crippen molar-refractivity contribution in [3.8, 4) is 0 Å². The Labute approximate surface area is 86.7 Å². The van der Waals surface area contributed by atoms with Gasteiger partial charge in [0.15, 0.2) is 0 Å². The van der Waals surface area contributed by atoms with Gasteiger partial charge in [0.05, 0.1) is 10.9 Å². The molecule has 2 rings (SSSR count). The number of H-pyrrole nitrogens is 1. The molecule has 0 unspecified atom stereocenters. The molecule has 0 saturated carbocycles. The molecule has 0 bridgehead atoms. The average molecular weight is 256 g/mol. The SMILES string of the molecule is Cc1cc2c(=O)oc(=O)[nH]c2cc1Br. The second-order valence-corrected chi connectivity index (χ2v) is 3.80. The third-order valence-corrected chi connectivity index (χ3v) is 2.80. The minimum atomic E-state index is -0.738. The van der Waals surface area contributed by atoms with Gasteiger partial charge in [0.25, 0.3) is 0 Å². The molecule has 1 aromatic carbocycles. The van der Waals surface area contributed by atoms with Gasteiger partial charge in [-0.15, -0.1) is 0 Å². The smallest absolute Gasteiger partial charge is 0.372 e. The molecule has 72 valence electrons. The molecule has 0 amide bonds. The van der Waals surface area contributed by atoms with E-state index in [9.17, 15) is 9.59 Å². The minimum Gasteiger partial charge on any atom is -0.372 e. The maximum atomic E-state index is 11.3. The van der Waals surface area contributed by atoms with E-state index in [2.05, 4.69) is 25.3 Å². The highest BCUT2D eigenvalue weighted by Gasteiger charge is 2.04. The highest BCUT2D eigenvalue weighted by molar-refractivity contribution is 9.10.